The second-order valence-electron chi connectivity index (χ2n) is 8.39. The highest BCUT2D eigenvalue weighted by Gasteiger charge is 2.26. The third-order valence-corrected chi connectivity index (χ3v) is 6.26. The fourth-order valence-corrected chi connectivity index (χ4v) is 4.60. The zero-order valence-corrected chi connectivity index (χ0v) is 18.9. The molecule has 2 aromatic rings. The molecule has 0 radical (unpaired) electrons. The van der Waals surface area contributed by atoms with Gasteiger partial charge in [-0.2, -0.15) is 0 Å². The molecule has 1 amide bonds. The fraction of sp³-hybridized carbons (Fsp3) is 0.565. The van der Waals surface area contributed by atoms with Gasteiger partial charge in [0, 0.05) is 30.6 Å². The number of ether oxygens (including phenoxy) is 1. The Bertz CT molecular complexity index is 797. The van der Waals surface area contributed by atoms with Gasteiger partial charge in [-0.05, 0) is 50.8 Å². The largest absolute Gasteiger partial charge is 0.496 e. The van der Waals surface area contributed by atoms with Gasteiger partial charge in [0.15, 0.2) is 0 Å². The van der Waals surface area contributed by atoms with Crippen LogP contribution in [-0.2, 0) is 6.54 Å². The lowest BCUT2D eigenvalue weighted by Crippen LogP contribution is -2.42. The van der Waals surface area contributed by atoms with Crippen LogP contribution in [0.3, 0.4) is 0 Å². The van der Waals surface area contributed by atoms with Crippen molar-refractivity contribution >= 4 is 17.2 Å². The number of piperidine rings is 1. The van der Waals surface area contributed by atoms with E-state index in [4.69, 9.17) is 4.74 Å². The summed E-state index contributed by atoms with van der Waals surface area (Å²) in [6.45, 7) is 10.9. The summed E-state index contributed by atoms with van der Waals surface area (Å²) in [5, 5.41) is 2.84. The number of carbonyl (C=O) groups is 1. The number of benzene rings is 1. The third-order valence-electron chi connectivity index (χ3n) is 5.48. The van der Waals surface area contributed by atoms with Crippen LogP contribution in [0.5, 0.6) is 5.75 Å². The summed E-state index contributed by atoms with van der Waals surface area (Å²) >= 11 is 1.54. The van der Waals surface area contributed by atoms with Gasteiger partial charge in [-0.1, -0.05) is 32.0 Å². The Hall–Kier alpha value is -1.92. The molecule has 158 valence electrons. The molecule has 2 heterocycles. The van der Waals surface area contributed by atoms with Crippen LogP contribution in [0.2, 0.25) is 0 Å². The average molecular weight is 416 g/mol. The lowest BCUT2D eigenvalue weighted by atomic mass is 9.95. The average Bonchev–Trinajstić information content (AvgIpc) is 3.15. The molecular weight excluding hydrogens is 382 g/mol. The van der Waals surface area contributed by atoms with Crippen molar-refractivity contribution in [2.45, 2.75) is 40.2 Å². The maximum Gasteiger partial charge on any atom is 0.273 e. The van der Waals surface area contributed by atoms with Crippen molar-refractivity contribution in [1.29, 1.82) is 0 Å². The number of thiazole rings is 1. The first-order chi connectivity index (χ1) is 14.0. The minimum atomic E-state index is 0.0829. The number of hydrogen-bond donors (Lipinski definition) is 0. The van der Waals surface area contributed by atoms with E-state index in [1.165, 1.54) is 5.56 Å². The molecule has 0 N–H and O–H groups in total. The van der Waals surface area contributed by atoms with E-state index in [1.54, 1.807) is 18.4 Å². The van der Waals surface area contributed by atoms with Crippen LogP contribution in [0.4, 0.5) is 0 Å². The SMILES string of the molecule is COc1ccccc1CN1CCC(CN(CC(C)C)C(=O)c2csc(C)n2)CC1. The fourth-order valence-electron chi connectivity index (χ4n) is 4.02. The number of methoxy groups -OCH3 is 1. The molecule has 1 aromatic carbocycles. The summed E-state index contributed by atoms with van der Waals surface area (Å²) in [5.41, 5.74) is 1.84. The number of amides is 1. The summed E-state index contributed by atoms with van der Waals surface area (Å²) in [5.74, 6) is 2.04. The first-order valence-corrected chi connectivity index (χ1v) is 11.4. The molecule has 29 heavy (non-hydrogen) atoms. The smallest absolute Gasteiger partial charge is 0.273 e. The van der Waals surface area contributed by atoms with Crippen LogP contribution in [0, 0.1) is 18.8 Å². The van der Waals surface area contributed by atoms with E-state index in [0.29, 0.717) is 17.5 Å². The van der Waals surface area contributed by atoms with Crippen LogP contribution in [0.1, 0.15) is 47.7 Å². The maximum atomic E-state index is 13.0. The molecule has 6 heteroatoms. The second kappa shape index (κ2) is 10.2. The first kappa shape index (κ1) is 21.8. The van der Waals surface area contributed by atoms with E-state index in [2.05, 4.69) is 35.9 Å². The molecule has 0 bridgehead atoms. The Morgan fingerprint density at radius 3 is 2.66 bits per heavy atom. The van der Waals surface area contributed by atoms with E-state index in [-0.39, 0.29) is 5.91 Å². The second-order valence-corrected chi connectivity index (χ2v) is 9.45. The van der Waals surface area contributed by atoms with Crippen molar-refractivity contribution in [3.8, 4) is 5.75 Å². The molecule has 1 aromatic heterocycles. The van der Waals surface area contributed by atoms with Crippen molar-refractivity contribution < 1.29 is 9.53 Å². The number of aromatic nitrogens is 1. The molecule has 0 saturated carbocycles. The Morgan fingerprint density at radius 1 is 1.31 bits per heavy atom. The van der Waals surface area contributed by atoms with Gasteiger partial charge in [0.2, 0.25) is 0 Å². The van der Waals surface area contributed by atoms with Crippen LogP contribution in [0.25, 0.3) is 0 Å². The number of likely N-dealkylation sites (tertiary alicyclic amines) is 1. The predicted octanol–water partition coefficient (Wildman–Crippen LogP) is 4.47. The summed E-state index contributed by atoms with van der Waals surface area (Å²) in [7, 11) is 1.73. The highest BCUT2D eigenvalue weighted by atomic mass is 32.1. The van der Waals surface area contributed by atoms with E-state index in [9.17, 15) is 4.79 Å². The van der Waals surface area contributed by atoms with Crippen LogP contribution in [-0.4, -0.2) is 54.0 Å². The van der Waals surface area contributed by atoms with Gasteiger partial charge in [-0.3, -0.25) is 9.69 Å². The molecule has 5 nitrogen and oxygen atoms in total. The van der Waals surface area contributed by atoms with Crippen molar-refractivity contribution in [1.82, 2.24) is 14.8 Å². The van der Waals surface area contributed by atoms with Gasteiger partial charge < -0.3 is 9.64 Å². The van der Waals surface area contributed by atoms with E-state index in [0.717, 1.165) is 56.3 Å². The normalized spacial score (nSPS) is 15.6. The van der Waals surface area contributed by atoms with Crippen molar-refractivity contribution in [3.05, 3.63) is 45.9 Å². The lowest BCUT2D eigenvalue weighted by molar-refractivity contribution is 0.0658. The van der Waals surface area contributed by atoms with Gasteiger partial charge in [0.25, 0.3) is 5.91 Å². The molecule has 3 rings (SSSR count). The topological polar surface area (TPSA) is 45.7 Å². The van der Waals surface area contributed by atoms with Crippen LogP contribution < -0.4 is 4.74 Å². The quantitative estimate of drug-likeness (QED) is 0.638. The number of para-hydroxylation sites is 1. The molecule has 0 unspecified atom stereocenters. The number of aryl methyl sites for hydroxylation is 1. The molecule has 0 atom stereocenters. The Morgan fingerprint density at radius 2 is 2.03 bits per heavy atom. The minimum absolute atomic E-state index is 0.0829. The molecule has 1 aliphatic heterocycles. The number of hydrogen-bond acceptors (Lipinski definition) is 5. The predicted molar refractivity (Wildman–Crippen MR) is 119 cm³/mol. The highest BCUT2D eigenvalue weighted by molar-refractivity contribution is 7.09. The molecule has 1 aliphatic rings. The monoisotopic (exact) mass is 415 g/mol. The van der Waals surface area contributed by atoms with Crippen LogP contribution >= 0.6 is 11.3 Å². The molecule has 1 fully saturated rings. The number of rotatable bonds is 8. The standard InChI is InChI=1S/C23H33N3O2S/c1-17(2)13-26(23(27)21-16-29-18(3)24-21)14-19-9-11-25(12-10-19)15-20-7-5-6-8-22(20)28-4/h5-8,16-17,19H,9-15H2,1-4H3. The van der Waals surface area contributed by atoms with E-state index < -0.39 is 0 Å². The van der Waals surface area contributed by atoms with Gasteiger partial charge in [0.05, 0.1) is 12.1 Å². The number of nitrogens with zero attached hydrogens (tertiary/aromatic N) is 3. The summed E-state index contributed by atoms with van der Waals surface area (Å²) in [6.07, 6.45) is 2.24. The zero-order valence-electron chi connectivity index (χ0n) is 18.1. The first-order valence-electron chi connectivity index (χ1n) is 10.5. The van der Waals surface area contributed by atoms with Gasteiger partial charge in [-0.25, -0.2) is 4.98 Å². The van der Waals surface area contributed by atoms with Crippen molar-refractivity contribution in [3.63, 3.8) is 0 Å². The third kappa shape index (κ3) is 6.03. The maximum absolute atomic E-state index is 13.0. The van der Waals surface area contributed by atoms with Gasteiger partial charge >= 0.3 is 0 Å². The van der Waals surface area contributed by atoms with Gasteiger partial charge in [-0.15, -0.1) is 11.3 Å². The molecule has 0 spiro atoms. The Labute approximate surface area is 178 Å². The molecule has 1 saturated heterocycles. The molecular formula is C23H33N3O2S. The Balaban J connectivity index is 1.56. The summed E-state index contributed by atoms with van der Waals surface area (Å²) < 4.78 is 5.49. The minimum Gasteiger partial charge on any atom is -0.496 e. The van der Waals surface area contributed by atoms with Crippen molar-refractivity contribution in [2.24, 2.45) is 11.8 Å². The summed E-state index contributed by atoms with van der Waals surface area (Å²) in [4.78, 5) is 21.9. The lowest BCUT2D eigenvalue weighted by Gasteiger charge is -2.35. The zero-order chi connectivity index (χ0) is 20.8. The van der Waals surface area contributed by atoms with Gasteiger partial charge in [0.1, 0.15) is 11.4 Å². The number of carbonyl (C=O) groups excluding carboxylic acids is 1. The van der Waals surface area contributed by atoms with E-state index in [1.807, 2.05) is 29.3 Å². The summed E-state index contributed by atoms with van der Waals surface area (Å²) in [6, 6.07) is 8.25. The van der Waals surface area contributed by atoms with Crippen molar-refractivity contribution in [2.75, 3.05) is 33.3 Å². The van der Waals surface area contributed by atoms with E-state index >= 15 is 0 Å². The molecule has 0 aliphatic carbocycles. The van der Waals surface area contributed by atoms with Crippen LogP contribution in [0.15, 0.2) is 29.6 Å². The Kier molecular flexibility index (Phi) is 7.67. The highest BCUT2D eigenvalue weighted by Crippen LogP contribution is 2.25.